The predicted octanol–water partition coefficient (Wildman–Crippen LogP) is 2.55. The van der Waals surface area contributed by atoms with E-state index in [0.717, 1.165) is 0 Å². The molecule has 0 saturated heterocycles. The Balaban J connectivity index is 2.17. The van der Waals surface area contributed by atoms with Gasteiger partial charge in [-0.2, -0.15) is 0 Å². The number of carbonyl (C=O) groups excluding carboxylic acids is 2. The zero-order chi connectivity index (χ0) is 12.1. The summed E-state index contributed by atoms with van der Waals surface area (Å²) in [6, 6.07) is 16.4. The van der Waals surface area contributed by atoms with E-state index in [1.54, 1.807) is 48.5 Å². The minimum atomic E-state index is -0.236. The quantitative estimate of drug-likeness (QED) is 0.814. The lowest BCUT2D eigenvalue weighted by atomic mass is 10.1. The average Bonchev–Trinajstić information content (AvgIpc) is 2.40. The second kappa shape index (κ2) is 5.07. The highest BCUT2D eigenvalue weighted by molar-refractivity contribution is 6.04. The molecule has 1 N–H and O–H groups in total. The van der Waals surface area contributed by atoms with Crippen molar-refractivity contribution in [2.45, 2.75) is 0 Å². The first kappa shape index (κ1) is 11.1. The minimum Gasteiger partial charge on any atom is -0.322 e. The van der Waals surface area contributed by atoms with Gasteiger partial charge in [0.05, 0.1) is 0 Å². The van der Waals surface area contributed by atoms with E-state index >= 15 is 0 Å². The number of hydrogen-bond donors (Lipinski definition) is 1. The third-order valence-corrected chi connectivity index (χ3v) is 2.26. The summed E-state index contributed by atoms with van der Waals surface area (Å²) in [5, 5.41) is 2.73. The number of amides is 1. The zero-order valence-corrected chi connectivity index (χ0v) is 9.01. The third kappa shape index (κ3) is 2.78. The third-order valence-electron chi connectivity index (χ3n) is 2.26. The van der Waals surface area contributed by atoms with Crippen molar-refractivity contribution in [2.24, 2.45) is 0 Å². The van der Waals surface area contributed by atoms with Crippen molar-refractivity contribution in [3.05, 3.63) is 65.7 Å². The van der Waals surface area contributed by atoms with Crippen LogP contribution in [-0.4, -0.2) is 12.2 Å². The second-order valence-electron chi connectivity index (χ2n) is 3.49. The van der Waals surface area contributed by atoms with Gasteiger partial charge in [0.25, 0.3) is 5.91 Å². The molecule has 17 heavy (non-hydrogen) atoms. The number of rotatable bonds is 3. The molecule has 0 fully saturated rings. The van der Waals surface area contributed by atoms with E-state index in [9.17, 15) is 9.59 Å². The smallest absolute Gasteiger partial charge is 0.255 e. The lowest BCUT2D eigenvalue weighted by Crippen LogP contribution is -2.11. The van der Waals surface area contributed by atoms with Gasteiger partial charge in [-0.3, -0.25) is 9.59 Å². The van der Waals surface area contributed by atoms with Gasteiger partial charge >= 0.3 is 0 Å². The molecule has 0 atom stereocenters. The Bertz CT molecular complexity index is 535. The van der Waals surface area contributed by atoms with E-state index in [-0.39, 0.29) is 5.91 Å². The topological polar surface area (TPSA) is 46.2 Å². The van der Waals surface area contributed by atoms with Crippen molar-refractivity contribution in [3.8, 4) is 0 Å². The summed E-state index contributed by atoms with van der Waals surface area (Å²) in [6.07, 6.45) is 0.717. The Morgan fingerprint density at radius 2 is 1.94 bits per heavy atom. The van der Waals surface area contributed by atoms with E-state index in [4.69, 9.17) is 0 Å². The van der Waals surface area contributed by atoms with Crippen LogP contribution in [0.25, 0.3) is 0 Å². The molecule has 3 heteroatoms. The van der Waals surface area contributed by atoms with Gasteiger partial charge in [-0.05, 0) is 30.3 Å². The molecule has 0 aromatic heterocycles. The van der Waals surface area contributed by atoms with Crippen molar-refractivity contribution >= 4 is 17.9 Å². The van der Waals surface area contributed by atoms with Gasteiger partial charge in [-0.25, -0.2) is 0 Å². The lowest BCUT2D eigenvalue weighted by molar-refractivity contribution is 0.102. The molecule has 0 heterocycles. The van der Waals surface area contributed by atoms with Crippen LogP contribution < -0.4 is 5.32 Å². The average molecular weight is 224 g/mol. The highest BCUT2D eigenvalue weighted by atomic mass is 16.1. The Labute approximate surface area is 99.1 Å². The number of hydrogen-bond acceptors (Lipinski definition) is 2. The van der Waals surface area contributed by atoms with E-state index in [1.807, 2.05) is 0 Å². The maximum Gasteiger partial charge on any atom is 0.255 e. The van der Waals surface area contributed by atoms with Crippen LogP contribution in [0.2, 0.25) is 0 Å². The van der Waals surface area contributed by atoms with Crippen LogP contribution in [0.3, 0.4) is 0 Å². The number of aldehydes is 1. The first-order valence-electron chi connectivity index (χ1n) is 5.12. The fourth-order valence-electron chi connectivity index (χ4n) is 1.43. The molecule has 83 valence electrons. The van der Waals surface area contributed by atoms with Crippen molar-refractivity contribution < 1.29 is 9.59 Å². The minimum absolute atomic E-state index is 0.236. The van der Waals surface area contributed by atoms with Crippen LogP contribution in [0.1, 0.15) is 20.7 Å². The predicted molar refractivity (Wildman–Crippen MR) is 65.1 cm³/mol. The molecule has 0 unspecified atom stereocenters. The number of benzene rings is 2. The van der Waals surface area contributed by atoms with Gasteiger partial charge < -0.3 is 5.32 Å². The molecule has 1 radical (unpaired) electrons. The zero-order valence-electron chi connectivity index (χ0n) is 9.01. The molecule has 2 aromatic carbocycles. The molecule has 0 spiro atoms. The molecule has 0 aliphatic rings. The van der Waals surface area contributed by atoms with Gasteiger partial charge in [0.15, 0.2) is 0 Å². The van der Waals surface area contributed by atoms with Gasteiger partial charge in [0, 0.05) is 16.8 Å². The Kier molecular flexibility index (Phi) is 3.31. The summed E-state index contributed by atoms with van der Waals surface area (Å²) < 4.78 is 0. The summed E-state index contributed by atoms with van der Waals surface area (Å²) in [5.41, 5.74) is 1.65. The normalized spacial score (nSPS) is 9.65. The van der Waals surface area contributed by atoms with E-state index in [1.165, 1.54) is 0 Å². The fourth-order valence-corrected chi connectivity index (χ4v) is 1.43. The molecular formula is C14H10NO2. The monoisotopic (exact) mass is 224 g/mol. The SMILES string of the molecule is O=Cc1cccc(C(=O)Nc2cc[c]cc2)c1. The maximum absolute atomic E-state index is 11.8. The largest absolute Gasteiger partial charge is 0.322 e. The number of carbonyl (C=O) groups is 2. The standard InChI is InChI=1S/C14H10NO2/c16-10-11-5-4-6-12(9-11)14(17)15-13-7-2-1-3-8-13/h2-10H,(H,15,17). The van der Waals surface area contributed by atoms with E-state index in [0.29, 0.717) is 23.1 Å². The summed E-state index contributed by atoms with van der Waals surface area (Å²) in [5.74, 6) is -0.236. The number of anilines is 1. The lowest BCUT2D eigenvalue weighted by Gasteiger charge is -2.04. The van der Waals surface area contributed by atoms with Crippen molar-refractivity contribution in [1.82, 2.24) is 0 Å². The Morgan fingerprint density at radius 1 is 1.18 bits per heavy atom. The van der Waals surface area contributed by atoms with Crippen LogP contribution in [-0.2, 0) is 0 Å². The molecule has 0 aliphatic carbocycles. The molecule has 1 amide bonds. The highest BCUT2D eigenvalue weighted by Gasteiger charge is 2.05. The van der Waals surface area contributed by atoms with Crippen LogP contribution in [0.5, 0.6) is 0 Å². The maximum atomic E-state index is 11.8. The van der Waals surface area contributed by atoms with E-state index < -0.39 is 0 Å². The van der Waals surface area contributed by atoms with Crippen LogP contribution in [0.15, 0.2) is 48.5 Å². The Morgan fingerprint density at radius 3 is 2.65 bits per heavy atom. The van der Waals surface area contributed by atoms with Gasteiger partial charge in [-0.15, -0.1) is 0 Å². The van der Waals surface area contributed by atoms with Crippen molar-refractivity contribution in [3.63, 3.8) is 0 Å². The molecule has 0 saturated carbocycles. The first-order valence-corrected chi connectivity index (χ1v) is 5.12. The van der Waals surface area contributed by atoms with Gasteiger partial charge in [0.2, 0.25) is 0 Å². The summed E-state index contributed by atoms with van der Waals surface area (Å²) in [7, 11) is 0. The number of nitrogens with one attached hydrogen (secondary N) is 1. The van der Waals surface area contributed by atoms with Crippen LogP contribution in [0.4, 0.5) is 5.69 Å². The summed E-state index contributed by atoms with van der Waals surface area (Å²) in [4.78, 5) is 22.4. The summed E-state index contributed by atoms with van der Waals surface area (Å²) >= 11 is 0. The van der Waals surface area contributed by atoms with Crippen LogP contribution >= 0.6 is 0 Å². The van der Waals surface area contributed by atoms with Crippen LogP contribution in [0, 0.1) is 6.07 Å². The molecule has 2 aromatic rings. The molecular weight excluding hydrogens is 214 g/mol. The van der Waals surface area contributed by atoms with Gasteiger partial charge in [0.1, 0.15) is 6.29 Å². The molecule has 0 aliphatic heterocycles. The molecule has 3 nitrogen and oxygen atoms in total. The highest BCUT2D eigenvalue weighted by Crippen LogP contribution is 2.09. The second-order valence-corrected chi connectivity index (χ2v) is 3.49. The van der Waals surface area contributed by atoms with Crippen molar-refractivity contribution in [2.75, 3.05) is 5.32 Å². The fraction of sp³-hybridized carbons (Fsp3) is 0. The summed E-state index contributed by atoms with van der Waals surface area (Å²) in [6.45, 7) is 0. The molecule has 0 bridgehead atoms. The first-order chi connectivity index (χ1) is 8.29. The van der Waals surface area contributed by atoms with E-state index in [2.05, 4.69) is 11.4 Å². The van der Waals surface area contributed by atoms with Gasteiger partial charge in [-0.1, -0.05) is 24.3 Å². The van der Waals surface area contributed by atoms with Crippen molar-refractivity contribution in [1.29, 1.82) is 0 Å². The Hall–Kier alpha value is -2.42. The molecule has 2 rings (SSSR count).